The fraction of sp³-hybridized carbons (Fsp3) is 0.143. The lowest BCUT2D eigenvalue weighted by atomic mass is 10.2. The number of aromatic nitrogens is 2. The molecule has 0 saturated carbocycles. The lowest BCUT2D eigenvalue weighted by Crippen LogP contribution is -2.05. The number of aromatic amines is 1. The van der Waals surface area contributed by atoms with Gasteiger partial charge in [-0.25, -0.2) is 5.10 Å². The number of nitrogens with zero attached hydrogens (tertiary/aromatic N) is 1. The van der Waals surface area contributed by atoms with Crippen molar-refractivity contribution in [2.24, 2.45) is 0 Å². The molecule has 0 amide bonds. The van der Waals surface area contributed by atoms with Crippen molar-refractivity contribution in [3.8, 4) is 5.75 Å². The predicted octanol–water partition coefficient (Wildman–Crippen LogP) is 2.67. The van der Waals surface area contributed by atoms with Crippen LogP contribution in [0.5, 0.6) is 5.75 Å². The van der Waals surface area contributed by atoms with Crippen LogP contribution >= 0.6 is 11.8 Å². The number of H-pyrrole nitrogens is 1. The van der Waals surface area contributed by atoms with E-state index in [9.17, 15) is 4.79 Å². The zero-order valence-electron chi connectivity index (χ0n) is 10.7. The second kappa shape index (κ2) is 6.24. The van der Waals surface area contributed by atoms with Crippen molar-refractivity contribution >= 4 is 23.9 Å². The standard InChI is InChI=1S/C14H14N2O2S/c1-18-12-7-4-10(13(9-12)19-2)3-5-11-6-8-14(17)16-15-11/h3-9H,1-2H3,(H,16,17)/b5-3+. The molecule has 1 heterocycles. The summed E-state index contributed by atoms with van der Waals surface area (Å²) < 4.78 is 5.20. The van der Waals surface area contributed by atoms with Gasteiger partial charge in [0.15, 0.2) is 0 Å². The lowest BCUT2D eigenvalue weighted by Gasteiger charge is -2.05. The van der Waals surface area contributed by atoms with E-state index in [1.165, 1.54) is 6.07 Å². The van der Waals surface area contributed by atoms with Crippen molar-refractivity contribution in [2.75, 3.05) is 13.4 Å². The maximum absolute atomic E-state index is 10.9. The highest BCUT2D eigenvalue weighted by Crippen LogP contribution is 2.26. The van der Waals surface area contributed by atoms with Crippen molar-refractivity contribution < 1.29 is 4.74 Å². The van der Waals surface area contributed by atoms with Gasteiger partial charge in [-0.1, -0.05) is 12.1 Å². The van der Waals surface area contributed by atoms with E-state index in [2.05, 4.69) is 10.2 Å². The molecule has 19 heavy (non-hydrogen) atoms. The summed E-state index contributed by atoms with van der Waals surface area (Å²) in [6.45, 7) is 0. The fourth-order valence-corrected chi connectivity index (χ4v) is 2.19. The van der Waals surface area contributed by atoms with Crippen LogP contribution in [0, 0.1) is 0 Å². The first kappa shape index (κ1) is 13.4. The van der Waals surface area contributed by atoms with Crippen LogP contribution in [0.4, 0.5) is 0 Å². The molecule has 1 N–H and O–H groups in total. The topological polar surface area (TPSA) is 55.0 Å². The Morgan fingerprint density at radius 2 is 2.11 bits per heavy atom. The van der Waals surface area contributed by atoms with Crippen molar-refractivity contribution in [2.45, 2.75) is 4.90 Å². The molecule has 4 nitrogen and oxygen atoms in total. The Kier molecular flexibility index (Phi) is 4.41. The molecule has 0 saturated heterocycles. The maximum atomic E-state index is 10.9. The molecule has 0 aliphatic heterocycles. The monoisotopic (exact) mass is 274 g/mol. The maximum Gasteiger partial charge on any atom is 0.264 e. The number of hydrogen-bond donors (Lipinski definition) is 1. The van der Waals surface area contributed by atoms with Crippen molar-refractivity contribution in [1.29, 1.82) is 0 Å². The molecule has 2 aromatic rings. The Balaban J connectivity index is 2.27. The Bertz CT molecular complexity index is 630. The zero-order valence-corrected chi connectivity index (χ0v) is 11.5. The van der Waals surface area contributed by atoms with Gasteiger partial charge < -0.3 is 4.74 Å². The van der Waals surface area contributed by atoms with Crippen LogP contribution in [0.25, 0.3) is 12.2 Å². The summed E-state index contributed by atoms with van der Waals surface area (Å²) in [4.78, 5) is 12.0. The number of ether oxygens (including phenoxy) is 1. The van der Waals surface area contributed by atoms with Gasteiger partial charge in [-0.15, -0.1) is 11.8 Å². The van der Waals surface area contributed by atoms with Gasteiger partial charge in [0.25, 0.3) is 5.56 Å². The van der Waals surface area contributed by atoms with E-state index in [1.807, 2.05) is 36.6 Å². The highest BCUT2D eigenvalue weighted by atomic mass is 32.2. The number of benzene rings is 1. The van der Waals surface area contributed by atoms with Crippen LogP contribution in [0.1, 0.15) is 11.3 Å². The molecule has 0 radical (unpaired) electrons. The van der Waals surface area contributed by atoms with Crippen LogP contribution in [0.15, 0.2) is 40.0 Å². The Hall–Kier alpha value is -2.01. The largest absolute Gasteiger partial charge is 0.497 e. The lowest BCUT2D eigenvalue weighted by molar-refractivity contribution is 0.413. The molecule has 0 bridgehead atoms. The number of hydrogen-bond acceptors (Lipinski definition) is 4. The van der Waals surface area contributed by atoms with Gasteiger partial charge in [0.05, 0.1) is 12.8 Å². The van der Waals surface area contributed by atoms with E-state index >= 15 is 0 Å². The average molecular weight is 274 g/mol. The van der Waals surface area contributed by atoms with Gasteiger partial charge >= 0.3 is 0 Å². The van der Waals surface area contributed by atoms with Crippen molar-refractivity contribution in [3.05, 3.63) is 51.9 Å². The quantitative estimate of drug-likeness (QED) is 0.871. The van der Waals surface area contributed by atoms with E-state index in [0.29, 0.717) is 5.69 Å². The first-order valence-corrected chi connectivity index (χ1v) is 6.91. The normalized spacial score (nSPS) is 10.8. The zero-order chi connectivity index (χ0) is 13.7. The average Bonchev–Trinajstić information content (AvgIpc) is 2.46. The molecule has 1 aromatic carbocycles. The van der Waals surface area contributed by atoms with Gasteiger partial charge in [0.1, 0.15) is 5.75 Å². The number of thioether (sulfide) groups is 1. The fourth-order valence-electron chi connectivity index (χ4n) is 1.58. The molecule has 0 aliphatic rings. The van der Waals surface area contributed by atoms with E-state index in [0.717, 1.165) is 16.2 Å². The van der Waals surface area contributed by atoms with E-state index in [1.54, 1.807) is 24.9 Å². The van der Waals surface area contributed by atoms with Crippen LogP contribution in [0.2, 0.25) is 0 Å². The molecule has 98 valence electrons. The van der Waals surface area contributed by atoms with Gasteiger partial charge in [0, 0.05) is 11.0 Å². The SMILES string of the molecule is COc1ccc(/C=C/c2ccc(=O)[nH]n2)c(SC)c1. The van der Waals surface area contributed by atoms with Crippen LogP contribution in [0.3, 0.4) is 0 Å². The summed E-state index contributed by atoms with van der Waals surface area (Å²) in [7, 11) is 1.65. The molecular weight excluding hydrogens is 260 g/mol. The second-order valence-electron chi connectivity index (χ2n) is 3.79. The van der Waals surface area contributed by atoms with Crippen LogP contribution < -0.4 is 10.3 Å². The molecule has 0 unspecified atom stereocenters. The minimum atomic E-state index is -0.202. The molecule has 0 atom stereocenters. The number of nitrogens with one attached hydrogen (secondary N) is 1. The molecule has 5 heteroatoms. The van der Waals surface area contributed by atoms with Crippen LogP contribution in [-0.4, -0.2) is 23.6 Å². The van der Waals surface area contributed by atoms with Crippen molar-refractivity contribution in [3.63, 3.8) is 0 Å². The molecule has 0 spiro atoms. The number of rotatable bonds is 4. The van der Waals surface area contributed by atoms with Gasteiger partial charge in [-0.2, -0.15) is 5.10 Å². The number of methoxy groups -OCH3 is 1. The van der Waals surface area contributed by atoms with Gasteiger partial charge in [-0.3, -0.25) is 4.79 Å². The summed E-state index contributed by atoms with van der Waals surface area (Å²) in [6.07, 6.45) is 5.84. The third kappa shape index (κ3) is 3.48. The molecule has 1 aromatic heterocycles. The first-order valence-electron chi connectivity index (χ1n) is 5.69. The third-order valence-corrected chi connectivity index (χ3v) is 3.37. The minimum Gasteiger partial charge on any atom is -0.497 e. The minimum absolute atomic E-state index is 0.202. The molecule has 0 aliphatic carbocycles. The highest BCUT2D eigenvalue weighted by Gasteiger charge is 2.00. The van der Waals surface area contributed by atoms with Crippen LogP contribution in [-0.2, 0) is 0 Å². The molecular formula is C14H14N2O2S. The smallest absolute Gasteiger partial charge is 0.264 e. The van der Waals surface area contributed by atoms with Crippen molar-refractivity contribution in [1.82, 2.24) is 10.2 Å². The van der Waals surface area contributed by atoms with E-state index in [-0.39, 0.29) is 5.56 Å². The summed E-state index contributed by atoms with van der Waals surface area (Å²) in [6, 6.07) is 9.03. The Labute approximate surface area is 115 Å². The summed E-state index contributed by atoms with van der Waals surface area (Å²) in [5, 5.41) is 6.33. The summed E-state index contributed by atoms with van der Waals surface area (Å²) in [5.41, 5.74) is 1.59. The second-order valence-corrected chi connectivity index (χ2v) is 4.64. The third-order valence-electron chi connectivity index (χ3n) is 2.57. The van der Waals surface area contributed by atoms with Gasteiger partial charge in [-0.05, 0) is 36.1 Å². The summed E-state index contributed by atoms with van der Waals surface area (Å²) >= 11 is 1.65. The Morgan fingerprint density at radius 1 is 1.26 bits per heavy atom. The highest BCUT2D eigenvalue weighted by molar-refractivity contribution is 7.98. The van der Waals surface area contributed by atoms with Gasteiger partial charge in [0.2, 0.25) is 0 Å². The first-order chi connectivity index (χ1) is 9.22. The van der Waals surface area contributed by atoms with E-state index in [4.69, 9.17) is 4.74 Å². The predicted molar refractivity (Wildman–Crippen MR) is 78.6 cm³/mol. The molecule has 2 rings (SSSR count). The molecule has 0 fully saturated rings. The Morgan fingerprint density at radius 3 is 2.74 bits per heavy atom. The summed E-state index contributed by atoms with van der Waals surface area (Å²) in [5.74, 6) is 0.837. The van der Waals surface area contributed by atoms with E-state index < -0.39 is 0 Å².